The average molecular weight is 395 g/mol. The van der Waals surface area contributed by atoms with E-state index in [9.17, 15) is 9.59 Å². The monoisotopic (exact) mass is 395 g/mol. The van der Waals surface area contributed by atoms with Crippen molar-refractivity contribution in [2.24, 2.45) is 7.05 Å². The lowest BCUT2D eigenvalue weighted by Gasteiger charge is -2.14. The van der Waals surface area contributed by atoms with Gasteiger partial charge in [0.05, 0.1) is 0 Å². The number of aryl methyl sites for hydroxylation is 1. The Morgan fingerprint density at radius 2 is 1.82 bits per heavy atom. The molecule has 0 saturated carbocycles. The van der Waals surface area contributed by atoms with Gasteiger partial charge in [-0.05, 0) is 55.1 Å². The Bertz CT molecular complexity index is 941. The van der Waals surface area contributed by atoms with Crippen molar-refractivity contribution in [3.05, 3.63) is 66.5 Å². The minimum absolute atomic E-state index is 0.158. The molecule has 0 aliphatic heterocycles. The molecule has 1 unspecified atom stereocenters. The number of hydrogen-bond donors (Lipinski definition) is 2. The molecule has 0 saturated heterocycles. The highest BCUT2D eigenvalue weighted by atomic mass is 32.2. The summed E-state index contributed by atoms with van der Waals surface area (Å²) in [5, 5.41) is 14.4. The van der Waals surface area contributed by atoms with Gasteiger partial charge < -0.3 is 15.2 Å². The van der Waals surface area contributed by atoms with E-state index < -0.39 is 0 Å². The molecular weight excluding hydrogens is 374 g/mol. The smallest absolute Gasteiger partial charge is 0.251 e. The van der Waals surface area contributed by atoms with E-state index >= 15 is 0 Å². The van der Waals surface area contributed by atoms with Crippen LogP contribution in [0.3, 0.4) is 0 Å². The molecule has 3 aromatic rings. The van der Waals surface area contributed by atoms with Crippen LogP contribution in [0.4, 0.5) is 5.69 Å². The third-order valence-electron chi connectivity index (χ3n) is 3.92. The van der Waals surface area contributed by atoms with Gasteiger partial charge in [0, 0.05) is 35.7 Å². The molecule has 2 N–H and O–H groups in total. The van der Waals surface area contributed by atoms with Crippen LogP contribution in [0, 0.1) is 0 Å². The van der Waals surface area contributed by atoms with Gasteiger partial charge in [-0.1, -0.05) is 18.2 Å². The SMILES string of the molecule is CC(CC(=O)Nc1ccc(Sc2nncn2C)cc1)NC(=O)c1ccccc1. The van der Waals surface area contributed by atoms with E-state index in [-0.39, 0.29) is 24.3 Å². The highest BCUT2D eigenvalue weighted by Gasteiger charge is 2.13. The Morgan fingerprint density at radius 3 is 2.46 bits per heavy atom. The number of rotatable bonds is 7. The number of anilines is 1. The van der Waals surface area contributed by atoms with Crippen molar-refractivity contribution in [3.63, 3.8) is 0 Å². The average Bonchev–Trinajstić information content (AvgIpc) is 3.08. The molecule has 0 aliphatic carbocycles. The molecule has 0 fully saturated rings. The van der Waals surface area contributed by atoms with Crippen molar-refractivity contribution >= 4 is 29.3 Å². The number of amides is 2. The van der Waals surface area contributed by atoms with Crippen LogP contribution in [0.25, 0.3) is 0 Å². The fourth-order valence-electron chi connectivity index (χ4n) is 2.51. The van der Waals surface area contributed by atoms with E-state index in [1.165, 1.54) is 11.8 Å². The topological polar surface area (TPSA) is 88.9 Å². The summed E-state index contributed by atoms with van der Waals surface area (Å²) in [6.07, 6.45) is 1.84. The Labute approximate surface area is 167 Å². The van der Waals surface area contributed by atoms with E-state index in [1.54, 1.807) is 37.5 Å². The van der Waals surface area contributed by atoms with Gasteiger partial charge in [-0.3, -0.25) is 9.59 Å². The Hall–Kier alpha value is -3.13. The molecule has 7 nitrogen and oxygen atoms in total. The first kappa shape index (κ1) is 19.6. The first-order valence-electron chi connectivity index (χ1n) is 8.79. The zero-order chi connectivity index (χ0) is 19.9. The second kappa shape index (κ2) is 9.18. The lowest BCUT2D eigenvalue weighted by molar-refractivity contribution is -0.116. The maximum Gasteiger partial charge on any atom is 0.251 e. The quantitative estimate of drug-likeness (QED) is 0.642. The zero-order valence-corrected chi connectivity index (χ0v) is 16.4. The molecule has 3 rings (SSSR count). The highest BCUT2D eigenvalue weighted by Crippen LogP contribution is 2.26. The van der Waals surface area contributed by atoms with Gasteiger partial charge in [0.2, 0.25) is 5.91 Å². The van der Waals surface area contributed by atoms with Crippen molar-refractivity contribution in [2.75, 3.05) is 5.32 Å². The number of hydrogen-bond acceptors (Lipinski definition) is 5. The fraction of sp³-hybridized carbons (Fsp3) is 0.200. The number of carbonyl (C=O) groups is 2. The molecular formula is C20H21N5O2S. The molecule has 0 bridgehead atoms. The number of nitrogens with one attached hydrogen (secondary N) is 2. The normalized spacial score (nSPS) is 11.6. The molecule has 1 heterocycles. The number of carbonyl (C=O) groups excluding carboxylic acids is 2. The third-order valence-corrected chi connectivity index (χ3v) is 4.98. The van der Waals surface area contributed by atoms with E-state index in [0.717, 1.165) is 10.1 Å². The van der Waals surface area contributed by atoms with Crippen LogP contribution in [0.2, 0.25) is 0 Å². The number of aromatic nitrogens is 3. The van der Waals surface area contributed by atoms with Crippen molar-refractivity contribution in [1.29, 1.82) is 0 Å². The van der Waals surface area contributed by atoms with E-state index in [2.05, 4.69) is 20.8 Å². The molecule has 0 aliphatic rings. The summed E-state index contributed by atoms with van der Waals surface area (Å²) in [6, 6.07) is 16.2. The van der Waals surface area contributed by atoms with Crippen LogP contribution in [0.1, 0.15) is 23.7 Å². The second-order valence-electron chi connectivity index (χ2n) is 6.34. The lowest BCUT2D eigenvalue weighted by Crippen LogP contribution is -2.35. The van der Waals surface area contributed by atoms with Gasteiger partial charge in [0.15, 0.2) is 5.16 Å². The summed E-state index contributed by atoms with van der Waals surface area (Å²) in [5.74, 6) is -0.347. The minimum Gasteiger partial charge on any atom is -0.349 e. The van der Waals surface area contributed by atoms with Crippen LogP contribution >= 0.6 is 11.8 Å². The summed E-state index contributed by atoms with van der Waals surface area (Å²) in [5.41, 5.74) is 1.28. The Morgan fingerprint density at radius 1 is 1.11 bits per heavy atom. The van der Waals surface area contributed by atoms with Crippen LogP contribution in [-0.4, -0.2) is 32.6 Å². The zero-order valence-electron chi connectivity index (χ0n) is 15.6. The highest BCUT2D eigenvalue weighted by molar-refractivity contribution is 7.99. The first-order valence-corrected chi connectivity index (χ1v) is 9.60. The summed E-state index contributed by atoms with van der Waals surface area (Å²) < 4.78 is 1.84. The second-order valence-corrected chi connectivity index (χ2v) is 7.38. The standard InChI is InChI=1S/C20H21N5O2S/c1-14(22-19(27)15-6-4-3-5-7-15)12-18(26)23-16-8-10-17(11-9-16)28-20-24-21-13-25(20)2/h3-11,13-14H,12H2,1-2H3,(H,22,27)(H,23,26). The largest absolute Gasteiger partial charge is 0.349 e. The maximum absolute atomic E-state index is 12.2. The fourth-order valence-corrected chi connectivity index (χ4v) is 3.28. The Kier molecular flexibility index (Phi) is 6.44. The summed E-state index contributed by atoms with van der Waals surface area (Å²) >= 11 is 1.49. The van der Waals surface area contributed by atoms with Crippen LogP contribution < -0.4 is 10.6 Å². The number of benzene rings is 2. The minimum atomic E-state index is -0.279. The summed E-state index contributed by atoms with van der Waals surface area (Å²) in [7, 11) is 1.88. The van der Waals surface area contributed by atoms with Crippen molar-refractivity contribution in [3.8, 4) is 0 Å². The molecule has 8 heteroatoms. The van der Waals surface area contributed by atoms with Gasteiger partial charge in [0.1, 0.15) is 6.33 Å². The summed E-state index contributed by atoms with van der Waals surface area (Å²) in [6.45, 7) is 1.81. The van der Waals surface area contributed by atoms with Gasteiger partial charge in [-0.15, -0.1) is 10.2 Å². The molecule has 144 valence electrons. The predicted molar refractivity (Wildman–Crippen MR) is 108 cm³/mol. The van der Waals surface area contributed by atoms with E-state index in [4.69, 9.17) is 0 Å². The predicted octanol–water partition coefficient (Wildman–Crippen LogP) is 3.11. The first-order chi connectivity index (χ1) is 13.5. The van der Waals surface area contributed by atoms with Gasteiger partial charge in [0.25, 0.3) is 5.91 Å². The molecule has 0 radical (unpaired) electrons. The van der Waals surface area contributed by atoms with Crippen molar-refractivity contribution in [2.45, 2.75) is 29.4 Å². The summed E-state index contributed by atoms with van der Waals surface area (Å²) in [4.78, 5) is 25.4. The van der Waals surface area contributed by atoms with Crippen molar-refractivity contribution in [1.82, 2.24) is 20.1 Å². The van der Waals surface area contributed by atoms with Crippen LogP contribution in [0.5, 0.6) is 0 Å². The molecule has 28 heavy (non-hydrogen) atoms. The number of nitrogens with zero attached hydrogens (tertiary/aromatic N) is 3. The van der Waals surface area contributed by atoms with Crippen LogP contribution in [0.15, 0.2) is 71.0 Å². The van der Waals surface area contributed by atoms with Gasteiger partial charge in [-0.2, -0.15) is 0 Å². The van der Waals surface area contributed by atoms with E-state index in [0.29, 0.717) is 11.3 Å². The maximum atomic E-state index is 12.2. The third kappa shape index (κ3) is 5.43. The molecule has 0 spiro atoms. The van der Waals surface area contributed by atoms with E-state index in [1.807, 2.05) is 41.9 Å². The molecule has 1 aromatic heterocycles. The Balaban J connectivity index is 1.49. The lowest BCUT2D eigenvalue weighted by atomic mass is 10.1. The van der Waals surface area contributed by atoms with Gasteiger partial charge >= 0.3 is 0 Å². The molecule has 2 amide bonds. The molecule has 2 aromatic carbocycles. The van der Waals surface area contributed by atoms with Gasteiger partial charge in [-0.25, -0.2) is 0 Å². The van der Waals surface area contributed by atoms with Crippen LogP contribution in [-0.2, 0) is 11.8 Å². The molecule has 1 atom stereocenters. The van der Waals surface area contributed by atoms with Crippen molar-refractivity contribution < 1.29 is 9.59 Å².